The lowest BCUT2D eigenvalue weighted by atomic mass is 10.1. The van der Waals surface area contributed by atoms with Gasteiger partial charge >= 0.3 is 0 Å². The first-order valence-corrected chi connectivity index (χ1v) is 6.03. The Morgan fingerprint density at radius 3 is 2.95 bits per heavy atom. The summed E-state index contributed by atoms with van der Waals surface area (Å²) in [6.07, 6.45) is 0.984. The summed E-state index contributed by atoms with van der Waals surface area (Å²) in [5, 5.41) is 13.1. The highest BCUT2D eigenvalue weighted by molar-refractivity contribution is 5.86. The lowest BCUT2D eigenvalue weighted by Crippen LogP contribution is -2.13. The first kappa shape index (κ1) is 12.8. The Balaban J connectivity index is 2.16. The van der Waals surface area contributed by atoms with Crippen LogP contribution in [0.5, 0.6) is 0 Å². The molecule has 0 bridgehead atoms. The fraction of sp³-hybridized carbons (Fsp3) is 0.214. The van der Waals surface area contributed by atoms with Gasteiger partial charge in [-0.15, -0.1) is 0 Å². The van der Waals surface area contributed by atoms with Gasteiger partial charge in [-0.3, -0.25) is 4.79 Å². The van der Waals surface area contributed by atoms with Crippen molar-refractivity contribution in [2.45, 2.75) is 12.8 Å². The zero-order valence-corrected chi connectivity index (χ0v) is 10.4. The number of primary amides is 1. The number of rotatable bonds is 5. The lowest BCUT2D eigenvalue weighted by Gasteiger charge is -2.07. The van der Waals surface area contributed by atoms with E-state index in [0.29, 0.717) is 30.8 Å². The molecule has 1 aromatic carbocycles. The van der Waals surface area contributed by atoms with Gasteiger partial charge in [0.15, 0.2) is 0 Å². The third kappa shape index (κ3) is 3.19. The van der Waals surface area contributed by atoms with Gasteiger partial charge in [-0.1, -0.05) is 18.2 Å². The minimum absolute atomic E-state index is 0.314. The average molecular weight is 254 g/mol. The fourth-order valence-electron chi connectivity index (χ4n) is 1.84. The predicted octanol–water partition coefficient (Wildman–Crippen LogP) is 1.78. The number of pyridine rings is 1. The van der Waals surface area contributed by atoms with E-state index in [4.69, 9.17) is 11.0 Å². The Bertz CT molecular complexity index is 645. The van der Waals surface area contributed by atoms with Crippen molar-refractivity contribution < 1.29 is 4.79 Å². The number of fused-ring (bicyclic) bond motifs is 1. The smallest absolute Gasteiger partial charge is 0.217 e. The van der Waals surface area contributed by atoms with Crippen LogP contribution in [0.2, 0.25) is 0 Å². The Kier molecular flexibility index (Phi) is 3.94. The maximum atomic E-state index is 10.6. The van der Waals surface area contributed by atoms with E-state index in [1.807, 2.05) is 24.3 Å². The second-order valence-corrected chi connectivity index (χ2v) is 4.18. The number of benzene rings is 1. The molecule has 0 aliphatic rings. The molecule has 19 heavy (non-hydrogen) atoms. The van der Waals surface area contributed by atoms with Gasteiger partial charge in [0.05, 0.1) is 17.1 Å². The third-order valence-corrected chi connectivity index (χ3v) is 2.74. The number of aromatic nitrogens is 1. The second-order valence-electron chi connectivity index (χ2n) is 4.18. The highest BCUT2D eigenvalue weighted by Gasteiger charge is 2.04. The SMILES string of the molecule is N#Cc1cc(NCCCC(N)=O)nc2ccccc12. The third-order valence-electron chi connectivity index (χ3n) is 2.74. The summed E-state index contributed by atoms with van der Waals surface area (Å²) in [5.74, 6) is 0.325. The van der Waals surface area contributed by atoms with Crippen LogP contribution in [0.1, 0.15) is 18.4 Å². The molecule has 0 fully saturated rings. The van der Waals surface area contributed by atoms with Crippen LogP contribution in [0.3, 0.4) is 0 Å². The van der Waals surface area contributed by atoms with Gasteiger partial charge in [0.25, 0.3) is 0 Å². The summed E-state index contributed by atoms with van der Waals surface area (Å²) in [4.78, 5) is 15.0. The van der Waals surface area contributed by atoms with Crippen molar-refractivity contribution in [3.05, 3.63) is 35.9 Å². The maximum absolute atomic E-state index is 10.6. The van der Waals surface area contributed by atoms with Crippen LogP contribution in [-0.2, 0) is 4.79 Å². The van der Waals surface area contributed by atoms with Crippen molar-refractivity contribution in [1.82, 2.24) is 4.98 Å². The van der Waals surface area contributed by atoms with Gasteiger partial charge in [-0.05, 0) is 18.6 Å². The van der Waals surface area contributed by atoms with E-state index in [1.54, 1.807) is 6.07 Å². The molecular weight excluding hydrogens is 240 g/mol. The monoisotopic (exact) mass is 254 g/mol. The van der Waals surface area contributed by atoms with Crippen LogP contribution >= 0.6 is 0 Å². The summed E-state index contributed by atoms with van der Waals surface area (Å²) < 4.78 is 0. The quantitative estimate of drug-likeness (QED) is 0.795. The summed E-state index contributed by atoms with van der Waals surface area (Å²) in [5.41, 5.74) is 6.43. The zero-order chi connectivity index (χ0) is 13.7. The van der Waals surface area contributed by atoms with Gasteiger partial charge in [-0.25, -0.2) is 4.98 Å². The standard InChI is InChI=1S/C14H14N4O/c15-9-10-8-14(17-7-3-6-13(16)19)18-12-5-2-1-4-11(10)12/h1-2,4-5,8H,3,6-7H2,(H2,16,19)(H,17,18). The topological polar surface area (TPSA) is 91.8 Å². The lowest BCUT2D eigenvalue weighted by molar-refractivity contribution is -0.118. The highest BCUT2D eigenvalue weighted by Crippen LogP contribution is 2.19. The minimum atomic E-state index is -0.314. The molecule has 3 N–H and O–H groups in total. The molecule has 0 aliphatic carbocycles. The van der Waals surface area contributed by atoms with Crippen molar-refractivity contribution in [1.29, 1.82) is 5.26 Å². The second kappa shape index (κ2) is 5.83. The number of hydrogen-bond donors (Lipinski definition) is 2. The van der Waals surface area contributed by atoms with Gasteiger partial charge in [0.2, 0.25) is 5.91 Å². The van der Waals surface area contributed by atoms with E-state index >= 15 is 0 Å². The average Bonchev–Trinajstić information content (AvgIpc) is 2.42. The van der Waals surface area contributed by atoms with E-state index in [0.717, 1.165) is 10.9 Å². The molecule has 1 heterocycles. The molecule has 0 spiro atoms. The fourth-order valence-corrected chi connectivity index (χ4v) is 1.84. The molecule has 1 aromatic heterocycles. The summed E-state index contributed by atoms with van der Waals surface area (Å²) >= 11 is 0. The van der Waals surface area contributed by atoms with E-state index < -0.39 is 0 Å². The molecule has 96 valence electrons. The van der Waals surface area contributed by atoms with Crippen LogP contribution < -0.4 is 11.1 Å². The summed E-state index contributed by atoms with van der Waals surface area (Å²) in [7, 11) is 0. The van der Waals surface area contributed by atoms with Gasteiger partial charge in [0, 0.05) is 18.4 Å². The normalized spacial score (nSPS) is 10.1. The van der Waals surface area contributed by atoms with E-state index in [9.17, 15) is 4.79 Å². The largest absolute Gasteiger partial charge is 0.370 e. The van der Waals surface area contributed by atoms with Gasteiger partial charge in [-0.2, -0.15) is 5.26 Å². The van der Waals surface area contributed by atoms with E-state index in [-0.39, 0.29) is 5.91 Å². The molecule has 2 aromatic rings. The number of nitriles is 1. The minimum Gasteiger partial charge on any atom is -0.370 e. The van der Waals surface area contributed by atoms with Crippen LogP contribution in [-0.4, -0.2) is 17.4 Å². The van der Waals surface area contributed by atoms with Crippen molar-refractivity contribution in [2.75, 3.05) is 11.9 Å². The number of hydrogen-bond acceptors (Lipinski definition) is 4. The van der Waals surface area contributed by atoms with Crippen LogP contribution in [0.15, 0.2) is 30.3 Å². The number of carbonyl (C=O) groups is 1. The van der Waals surface area contributed by atoms with Crippen molar-refractivity contribution in [2.24, 2.45) is 5.73 Å². The molecule has 0 unspecified atom stereocenters. The Hall–Kier alpha value is -2.61. The molecule has 1 amide bonds. The van der Waals surface area contributed by atoms with Crippen molar-refractivity contribution in [3.8, 4) is 6.07 Å². The molecule has 0 aliphatic heterocycles. The number of para-hydroxylation sites is 1. The molecule has 0 saturated carbocycles. The van der Waals surface area contributed by atoms with E-state index in [1.165, 1.54) is 0 Å². The van der Waals surface area contributed by atoms with Crippen molar-refractivity contribution in [3.63, 3.8) is 0 Å². The molecular formula is C14H14N4O. The number of amides is 1. The number of nitrogens with two attached hydrogens (primary N) is 1. The Labute approximate surface area is 111 Å². The Morgan fingerprint density at radius 1 is 1.42 bits per heavy atom. The first-order chi connectivity index (χ1) is 9.20. The molecule has 5 nitrogen and oxygen atoms in total. The van der Waals surface area contributed by atoms with Crippen LogP contribution in [0.4, 0.5) is 5.82 Å². The van der Waals surface area contributed by atoms with Crippen molar-refractivity contribution >= 4 is 22.6 Å². The van der Waals surface area contributed by atoms with Crippen LogP contribution in [0, 0.1) is 11.3 Å². The van der Waals surface area contributed by atoms with Gasteiger partial charge < -0.3 is 11.1 Å². The Morgan fingerprint density at radius 2 is 2.21 bits per heavy atom. The molecule has 0 radical (unpaired) electrons. The van der Waals surface area contributed by atoms with Crippen LogP contribution in [0.25, 0.3) is 10.9 Å². The maximum Gasteiger partial charge on any atom is 0.217 e. The first-order valence-electron chi connectivity index (χ1n) is 6.03. The number of nitrogens with one attached hydrogen (secondary N) is 1. The molecule has 5 heteroatoms. The van der Waals surface area contributed by atoms with Gasteiger partial charge in [0.1, 0.15) is 5.82 Å². The summed E-state index contributed by atoms with van der Waals surface area (Å²) in [6, 6.07) is 11.4. The molecule has 2 rings (SSSR count). The number of carbonyl (C=O) groups excluding carboxylic acids is 1. The predicted molar refractivity (Wildman–Crippen MR) is 73.4 cm³/mol. The molecule has 0 atom stereocenters. The number of anilines is 1. The number of nitrogens with zero attached hydrogens (tertiary/aromatic N) is 2. The molecule has 0 saturated heterocycles. The van der Waals surface area contributed by atoms with E-state index in [2.05, 4.69) is 16.4 Å². The highest BCUT2D eigenvalue weighted by atomic mass is 16.1. The zero-order valence-electron chi connectivity index (χ0n) is 10.4. The summed E-state index contributed by atoms with van der Waals surface area (Å²) in [6.45, 7) is 0.596.